The average molecular weight is 300 g/mol. The highest BCUT2D eigenvalue weighted by molar-refractivity contribution is 6.00. The van der Waals surface area contributed by atoms with E-state index in [0.29, 0.717) is 25.1 Å². The number of carbonyl (C=O) groups is 2. The summed E-state index contributed by atoms with van der Waals surface area (Å²) in [6.45, 7) is 2.81. The Balaban J connectivity index is 1.86. The molecule has 116 valence electrons. The maximum atomic E-state index is 12.8. The predicted octanol–water partition coefficient (Wildman–Crippen LogP) is 0.846. The van der Waals surface area contributed by atoms with Gasteiger partial charge in [-0.05, 0) is 36.9 Å². The Labute approximate surface area is 128 Å². The largest absolute Gasteiger partial charge is 0.361 e. The Bertz CT molecular complexity index is 709. The smallest absolute Gasteiger partial charge is 0.254 e. The molecule has 1 saturated heterocycles. The van der Waals surface area contributed by atoms with Gasteiger partial charge in [0.25, 0.3) is 5.91 Å². The zero-order chi connectivity index (χ0) is 15.7. The van der Waals surface area contributed by atoms with Crippen LogP contribution in [0.25, 0.3) is 10.9 Å². The van der Waals surface area contributed by atoms with E-state index in [4.69, 9.17) is 5.73 Å². The first-order chi connectivity index (χ1) is 10.6. The van der Waals surface area contributed by atoms with Gasteiger partial charge in [-0.25, -0.2) is 0 Å². The minimum atomic E-state index is -0.484. The summed E-state index contributed by atoms with van der Waals surface area (Å²) in [6, 6.07) is 6.81. The van der Waals surface area contributed by atoms with Gasteiger partial charge in [0.1, 0.15) is 6.04 Å². The van der Waals surface area contributed by atoms with Gasteiger partial charge in [-0.3, -0.25) is 9.59 Å². The van der Waals surface area contributed by atoms with Crippen LogP contribution in [0.4, 0.5) is 0 Å². The lowest BCUT2D eigenvalue weighted by Gasteiger charge is -2.23. The lowest BCUT2D eigenvalue weighted by atomic mass is 10.1. The number of benzene rings is 1. The number of hydrogen-bond acceptors (Lipinski definition) is 3. The number of aromatic nitrogens is 1. The molecular weight excluding hydrogens is 280 g/mol. The average Bonchev–Trinajstić information content (AvgIpc) is 3.12. The van der Waals surface area contributed by atoms with Crippen molar-refractivity contribution < 1.29 is 9.59 Å². The second kappa shape index (κ2) is 5.81. The number of likely N-dealkylation sites (N-methyl/N-ethyl adjacent to an activating group) is 1. The summed E-state index contributed by atoms with van der Waals surface area (Å²) in [5, 5.41) is 3.83. The summed E-state index contributed by atoms with van der Waals surface area (Å²) < 4.78 is 0. The molecule has 1 aliphatic rings. The molecule has 0 saturated carbocycles. The highest BCUT2D eigenvalue weighted by atomic mass is 16.2. The Hall–Kier alpha value is -2.34. The van der Waals surface area contributed by atoms with E-state index in [0.717, 1.165) is 10.9 Å². The Morgan fingerprint density at radius 1 is 1.41 bits per heavy atom. The first kappa shape index (κ1) is 14.6. The third-order valence-corrected chi connectivity index (χ3v) is 4.05. The van der Waals surface area contributed by atoms with Crippen molar-refractivity contribution in [1.29, 1.82) is 0 Å². The summed E-state index contributed by atoms with van der Waals surface area (Å²) in [5.41, 5.74) is 7.43. The highest BCUT2D eigenvalue weighted by Crippen LogP contribution is 2.22. The third-order valence-electron chi connectivity index (χ3n) is 4.05. The van der Waals surface area contributed by atoms with Gasteiger partial charge in [0.2, 0.25) is 5.91 Å². The number of hydrogen-bond donors (Lipinski definition) is 3. The van der Waals surface area contributed by atoms with E-state index in [9.17, 15) is 9.59 Å². The van der Waals surface area contributed by atoms with E-state index >= 15 is 0 Å². The van der Waals surface area contributed by atoms with Crippen molar-refractivity contribution in [3.63, 3.8) is 0 Å². The molecule has 0 spiro atoms. The molecule has 0 aliphatic carbocycles. The van der Waals surface area contributed by atoms with E-state index in [1.54, 1.807) is 11.0 Å². The number of carbonyl (C=O) groups excluding carboxylic acids is 2. The molecule has 0 unspecified atom stereocenters. The Kier molecular flexibility index (Phi) is 3.85. The molecular formula is C16H20N4O2. The van der Waals surface area contributed by atoms with Crippen LogP contribution < -0.4 is 11.1 Å². The summed E-state index contributed by atoms with van der Waals surface area (Å²) in [4.78, 5) is 29.6. The standard InChI is InChI=1S/C16H20N4O2/c1-2-18-15(21)14-8-12(17)9-20(14)16(22)11-4-3-10-5-6-19-13(10)7-11/h3-7,12,14,19H,2,8-9,17H2,1H3,(H,18,21)/t12-,14+/m1/s1. The van der Waals surface area contributed by atoms with Crippen LogP contribution in [0, 0.1) is 0 Å². The van der Waals surface area contributed by atoms with Gasteiger partial charge in [0.15, 0.2) is 0 Å². The molecule has 4 N–H and O–H groups in total. The van der Waals surface area contributed by atoms with E-state index in [1.807, 2.05) is 31.3 Å². The molecule has 1 aromatic heterocycles. The van der Waals surface area contributed by atoms with E-state index in [-0.39, 0.29) is 17.9 Å². The molecule has 1 fully saturated rings. The number of rotatable bonds is 3. The minimum Gasteiger partial charge on any atom is -0.361 e. The van der Waals surface area contributed by atoms with Gasteiger partial charge in [-0.2, -0.15) is 0 Å². The second-order valence-electron chi connectivity index (χ2n) is 5.64. The van der Waals surface area contributed by atoms with Gasteiger partial charge in [-0.15, -0.1) is 0 Å². The zero-order valence-corrected chi connectivity index (χ0v) is 12.5. The molecule has 1 aromatic carbocycles. The van der Waals surface area contributed by atoms with Crippen LogP contribution in [0.3, 0.4) is 0 Å². The van der Waals surface area contributed by atoms with Crippen LogP contribution in [0.15, 0.2) is 30.5 Å². The molecule has 3 rings (SSSR count). The maximum absolute atomic E-state index is 12.8. The predicted molar refractivity (Wildman–Crippen MR) is 84.4 cm³/mol. The van der Waals surface area contributed by atoms with Crippen molar-refractivity contribution in [3.05, 3.63) is 36.0 Å². The molecule has 2 amide bonds. The van der Waals surface area contributed by atoms with Crippen molar-refractivity contribution in [3.8, 4) is 0 Å². The molecule has 6 heteroatoms. The molecule has 2 atom stereocenters. The van der Waals surface area contributed by atoms with Crippen LogP contribution in [-0.2, 0) is 4.79 Å². The molecule has 0 bridgehead atoms. The van der Waals surface area contributed by atoms with Gasteiger partial charge < -0.3 is 20.9 Å². The number of fused-ring (bicyclic) bond motifs is 1. The lowest BCUT2D eigenvalue weighted by Crippen LogP contribution is -2.45. The van der Waals surface area contributed by atoms with Gasteiger partial charge in [-0.1, -0.05) is 6.07 Å². The Morgan fingerprint density at radius 3 is 3.00 bits per heavy atom. The van der Waals surface area contributed by atoms with Crippen LogP contribution in [0.2, 0.25) is 0 Å². The summed E-state index contributed by atoms with van der Waals surface area (Å²) >= 11 is 0. The van der Waals surface area contributed by atoms with Crippen molar-refractivity contribution in [2.75, 3.05) is 13.1 Å². The molecule has 6 nitrogen and oxygen atoms in total. The van der Waals surface area contributed by atoms with Crippen molar-refractivity contribution in [2.45, 2.75) is 25.4 Å². The number of nitrogens with zero attached hydrogens (tertiary/aromatic N) is 1. The van der Waals surface area contributed by atoms with Crippen molar-refractivity contribution >= 4 is 22.7 Å². The van der Waals surface area contributed by atoms with Crippen LogP contribution in [-0.4, -0.2) is 46.9 Å². The number of likely N-dealkylation sites (tertiary alicyclic amines) is 1. The van der Waals surface area contributed by atoms with Crippen molar-refractivity contribution in [1.82, 2.24) is 15.2 Å². The van der Waals surface area contributed by atoms with Crippen molar-refractivity contribution in [2.24, 2.45) is 5.73 Å². The van der Waals surface area contributed by atoms with E-state index in [2.05, 4.69) is 10.3 Å². The minimum absolute atomic E-state index is 0.134. The maximum Gasteiger partial charge on any atom is 0.254 e. The number of amides is 2. The third kappa shape index (κ3) is 2.57. The molecule has 22 heavy (non-hydrogen) atoms. The fourth-order valence-corrected chi connectivity index (χ4v) is 2.98. The normalized spacial score (nSPS) is 21.3. The highest BCUT2D eigenvalue weighted by Gasteiger charge is 2.38. The number of H-pyrrole nitrogens is 1. The van der Waals surface area contributed by atoms with Crippen LogP contribution >= 0.6 is 0 Å². The molecule has 1 aliphatic heterocycles. The summed E-state index contributed by atoms with van der Waals surface area (Å²) in [6.07, 6.45) is 2.34. The van der Waals surface area contributed by atoms with E-state index in [1.165, 1.54) is 0 Å². The lowest BCUT2D eigenvalue weighted by molar-refractivity contribution is -0.124. The SMILES string of the molecule is CCNC(=O)[C@@H]1C[C@@H](N)CN1C(=O)c1ccc2cc[nH]c2c1. The molecule has 2 heterocycles. The van der Waals surface area contributed by atoms with Gasteiger partial charge in [0.05, 0.1) is 0 Å². The fraction of sp³-hybridized carbons (Fsp3) is 0.375. The second-order valence-corrected chi connectivity index (χ2v) is 5.64. The number of aromatic amines is 1. The Morgan fingerprint density at radius 2 is 2.23 bits per heavy atom. The zero-order valence-electron chi connectivity index (χ0n) is 12.5. The van der Waals surface area contributed by atoms with Gasteiger partial charge in [0, 0.05) is 36.4 Å². The first-order valence-corrected chi connectivity index (χ1v) is 7.51. The first-order valence-electron chi connectivity index (χ1n) is 7.51. The number of nitrogens with two attached hydrogens (primary N) is 1. The summed E-state index contributed by atoms with van der Waals surface area (Å²) in [5.74, 6) is -0.287. The molecule has 2 aromatic rings. The van der Waals surface area contributed by atoms with E-state index < -0.39 is 6.04 Å². The molecule has 0 radical (unpaired) electrons. The quantitative estimate of drug-likeness (QED) is 0.784. The fourth-order valence-electron chi connectivity index (χ4n) is 2.98. The van der Waals surface area contributed by atoms with Gasteiger partial charge >= 0.3 is 0 Å². The van der Waals surface area contributed by atoms with Crippen LogP contribution in [0.1, 0.15) is 23.7 Å². The monoisotopic (exact) mass is 300 g/mol. The number of nitrogens with one attached hydrogen (secondary N) is 2. The topological polar surface area (TPSA) is 91.2 Å². The van der Waals surface area contributed by atoms with Crippen LogP contribution in [0.5, 0.6) is 0 Å². The summed E-state index contributed by atoms with van der Waals surface area (Å²) in [7, 11) is 0.